The minimum atomic E-state index is -4.84. The maximum absolute atomic E-state index is 13.4. The van der Waals surface area contributed by atoms with Crippen molar-refractivity contribution in [2.24, 2.45) is 0 Å². The summed E-state index contributed by atoms with van der Waals surface area (Å²) in [6, 6.07) is 10.5. The fourth-order valence-corrected chi connectivity index (χ4v) is 4.11. The highest BCUT2D eigenvalue weighted by Gasteiger charge is 2.31. The third-order valence-corrected chi connectivity index (χ3v) is 5.72. The summed E-state index contributed by atoms with van der Waals surface area (Å²) in [4.78, 5) is 22.6. The van der Waals surface area contributed by atoms with Gasteiger partial charge in [0, 0.05) is 19.2 Å². The molecule has 1 saturated heterocycles. The summed E-state index contributed by atoms with van der Waals surface area (Å²) < 4.78 is 43.1. The maximum atomic E-state index is 13.4. The number of nitrogens with zero attached hydrogens (tertiary/aromatic N) is 4. The van der Waals surface area contributed by atoms with Gasteiger partial charge in [0.15, 0.2) is 0 Å². The first-order valence-corrected chi connectivity index (χ1v) is 10.6. The van der Waals surface area contributed by atoms with E-state index in [1.807, 2.05) is 0 Å². The van der Waals surface area contributed by atoms with Gasteiger partial charge in [0.1, 0.15) is 11.6 Å². The van der Waals surface area contributed by atoms with E-state index in [4.69, 9.17) is 16.6 Å². The lowest BCUT2D eigenvalue weighted by molar-refractivity contribution is -0.274. The van der Waals surface area contributed by atoms with Crippen LogP contribution in [0.15, 0.2) is 47.3 Å². The zero-order valence-corrected chi connectivity index (χ0v) is 18.2. The quantitative estimate of drug-likeness (QED) is 0.580. The molecule has 0 spiro atoms. The fraction of sp³-hybridized carbons (Fsp3) is 0.364. The number of likely N-dealkylation sites (N-methyl/N-ethyl adjacent to an activating group) is 1. The van der Waals surface area contributed by atoms with Crippen molar-refractivity contribution in [1.82, 2.24) is 19.4 Å². The van der Waals surface area contributed by atoms with Gasteiger partial charge in [-0.05, 0) is 50.8 Å². The summed E-state index contributed by atoms with van der Waals surface area (Å²) in [6.45, 7) is 3.94. The molecule has 0 aliphatic carbocycles. The van der Waals surface area contributed by atoms with E-state index in [1.165, 1.54) is 10.6 Å². The van der Waals surface area contributed by atoms with E-state index in [2.05, 4.69) is 21.6 Å². The number of hydrogen-bond acceptors (Lipinski definition) is 5. The Bertz CT molecular complexity index is 1180. The van der Waals surface area contributed by atoms with Crippen molar-refractivity contribution < 1.29 is 17.9 Å². The highest BCUT2D eigenvalue weighted by Crippen LogP contribution is 2.30. The topological polar surface area (TPSA) is 50.6 Å². The molecule has 4 rings (SSSR count). The molecule has 0 saturated carbocycles. The number of halogens is 4. The third-order valence-electron chi connectivity index (χ3n) is 5.42. The maximum Gasteiger partial charge on any atom is 0.573 e. The molecule has 170 valence electrons. The number of fused-ring (bicyclic) bond motifs is 1. The second kappa shape index (κ2) is 9.09. The molecule has 1 aromatic heterocycles. The van der Waals surface area contributed by atoms with E-state index in [-0.39, 0.29) is 16.3 Å². The molecule has 0 N–H and O–H groups in total. The van der Waals surface area contributed by atoms with Crippen LogP contribution in [0.3, 0.4) is 0 Å². The Morgan fingerprint density at radius 1 is 1.09 bits per heavy atom. The fourth-order valence-electron chi connectivity index (χ4n) is 3.86. The first-order valence-electron chi connectivity index (χ1n) is 10.2. The van der Waals surface area contributed by atoms with Crippen LogP contribution < -0.4 is 10.3 Å². The molecule has 2 aromatic carbocycles. The van der Waals surface area contributed by atoms with Gasteiger partial charge in [0.2, 0.25) is 0 Å². The molecule has 1 aliphatic heterocycles. The number of rotatable bonds is 4. The molecule has 10 heteroatoms. The van der Waals surface area contributed by atoms with Gasteiger partial charge in [-0.2, -0.15) is 0 Å². The Balaban J connectivity index is 1.80. The average molecular weight is 467 g/mol. The molecule has 0 radical (unpaired) electrons. The molecule has 2 heterocycles. The molecule has 1 fully saturated rings. The summed E-state index contributed by atoms with van der Waals surface area (Å²) in [7, 11) is 2.07. The predicted octanol–water partition coefficient (Wildman–Crippen LogP) is 4.08. The van der Waals surface area contributed by atoms with E-state index in [0.29, 0.717) is 23.3 Å². The second-order valence-electron chi connectivity index (χ2n) is 7.78. The Morgan fingerprint density at radius 3 is 2.62 bits per heavy atom. The number of para-hydroxylation sites is 1. The lowest BCUT2D eigenvalue weighted by atomic mass is 10.2. The number of aromatic nitrogens is 2. The highest BCUT2D eigenvalue weighted by atomic mass is 35.5. The van der Waals surface area contributed by atoms with Crippen molar-refractivity contribution in [3.05, 3.63) is 63.7 Å². The number of benzene rings is 2. The van der Waals surface area contributed by atoms with Crippen LogP contribution in [0, 0.1) is 0 Å². The number of ether oxygens (including phenoxy) is 1. The van der Waals surface area contributed by atoms with Gasteiger partial charge in [-0.15, -0.1) is 13.2 Å². The van der Waals surface area contributed by atoms with Crippen LogP contribution in [0.25, 0.3) is 16.6 Å². The van der Waals surface area contributed by atoms with E-state index >= 15 is 0 Å². The van der Waals surface area contributed by atoms with Gasteiger partial charge >= 0.3 is 6.36 Å². The van der Waals surface area contributed by atoms with Gasteiger partial charge in [-0.25, -0.2) is 4.98 Å². The van der Waals surface area contributed by atoms with Crippen molar-refractivity contribution in [2.75, 3.05) is 33.2 Å². The van der Waals surface area contributed by atoms with Gasteiger partial charge in [-0.3, -0.25) is 14.3 Å². The Kier molecular flexibility index (Phi) is 6.41. The van der Waals surface area contributed by atoms with Crippen LogP contribution in [-0.4, -0.2) is 58.9 Å². The molecule has 0 bridgehead atoms. The molecule has 0 atom stereocenters. The minimum absolute atomic E-state index is 0.0391. The standard InChI is InChI=1S/C22H22ClF3N4O2/c1-28-9-4-10-29(12-11-28)14-20-27-18-6-3-2-5-16(18)21(31)30(20)19-8-7-15(13-17(19)23)32-22(24,25)26/h2-3,5-8,13H,4,9-12,14H2,1H3. The average Bonchev–Trinajstić information content (AvgIpc) is 2.92. The molecule has 0 amide bonds. The van der Waals surface area contributed by atoms with Crippen molar-refractivity contribution in [2.45, 2.75) is 19.3 Å². The highest BCUT2D eigenvalue weighted by molar-refractivity contribution is 6.32. The third kappa shape index (κ3) is 5.06. The first kappa shape index (κ1) is 22.6. The molecule has 32 heavy (non-hydrogen) atoms. The predicted molar refractivity (Wildman–Crippen MR) is 116 cm³/mol. The van der Waals surface area contributed by atoms with Crippen molar-refractivity contribution >= 4 is 22.5 Å². The van der Waals surface area contributed by atoms with Gasteiger partial charge in [0.05, 0.1) is 28.2 Å². The zero-order valence-electron chi connectivity index (χ0n) is 17.4. The molecule has 6 nitrogen and oxygen atoms in total. The SMILES string of the molecule is CN1CCCN(Cc2nc3ccccc3c(=O)n2-c2ccc(OC(F)(F)F)cc2Cl)CC1. The lowest BCUT2D eigenvalue weighted by Crippen LogP contribution is -2.33. The Morgan fingerprint density at radius 2 is 1.88 bits per heavy atom. The molecular formula is C22H22ClF3N4O2. The van der Waals surface area contributed by atoms with Crippen LogP contribution in [0.1, 0.15) is 12.2 Å². The molecule has 1 aliphatic rings. The minimum Gasteiger partial charge on any atom is -0.406 e. The van der Waals surface area contributed by atoms with Crippen LogP contribution in [0.5, 0.6) is 5.75 Å². The Labute approximate surface area is 187 Å². The van der Waals surface area contributed by atoms with Crippen LogP contribution in [-0.2, 0) is 6.54 Å². The van der Waals surface area contributed by atoms with Gasteiger partial charge in [-0.1, -0.05) is 23.7 Å². The number of hydrogen-bond donors (Lipinski definition) is 0. The number of alkyl halides is 3. The summed E-state index contributed by atoms with van der Waals surface area (Å²) >= 11 is 6.32. The van der Waals surface area contributed by atoms with E-state index in [1.54, 1.807) is 24.3 Å². The van der Waals surface area contributed by atoms with Gasteiger partial charge in [0.25, 0.3) is 5.56 Å². The van der Waals surface area contributed by atoms with Crippen molar-refractivity contribution in [3.8, 4) is 11.4 Å². The summed E-state index contributed by atoms with van der Waals surface area (Å²) in [6.07, 6.45) is -3.85. The summed E-state index contributed by atoms with van der Waals surface area (Å²) in [5.41, 5.74) is 0.485. The molecule has 0 unspecified atom stereocenters. The van der Waals surface area contributed by atoms with Crippen LogP contribution in [0.2, 0.25) is 5.02 Å². The zero-order chi connectivity index (χ0) is 22.9. The lowest BCUT2D eigenvalue weighted by Gasteiger charge is -2.22. The molecular weight excluding hydrogens is 445 g/mol. The van der Waals surface area contributed by atoms with Gasteiger partial charge < -0.3 is 9.64 Å². The van der Waals surface area contributed by atoms with Crippen LogP contribution in [0.4, 0.5) is 13.2 Å². The van der Waals surface area contributed by atoms with E-state index in [9.17, 15) is 18.0 Å². The normalized spacial score (nSPS) is 16.3. The van der Waals surface area contributed by atoms with Crippen molar-refractivity contribution in [1.29, 1.82) is 0 Å². The smallest absolute Gasteiger partial charge is 0.406 e. The van der Waals surface area contributed by atoms with Crippen LogP contribution >= 0.6 is 11.6 Å². The van der Waals surface area contributed by atoms with E-state index < -0.39 is 12.1 Å². The summed E-state index contributed by atoms with van der Waals surface area (Å²) in [5, 5.41) is 0.362. The van der Waals surface area contributed by atoms with Crippen molar-refractivity contribution in [3.63, 3.8) is 0 Å². The Hall–Kier alpha value is -2.62. The molecule has 3 aromatic rings. The van der Waals surface area contributed by atoms with E-state index in [0.717, 1.165) is 44.7 Å². The monoisotopic (exact) mass is 466 g/mol. The first-order chi connectivity index (χ1) is 15.2. The summed E-state index contributed by atoms with van der Waals surface area (Å²) in [5.74, 6) is 0.0230. The second-order valence-corrected chi connectivity index (χ2v) is 8.19. The largest absolute Gasteiger partial charge is 0.573 e.